The van der Waals surface area contributed by atoms with Crippen LogP contribution < -0.4 is 5.32 Å². The first kappa shape index (κ1) is 16.4. The number of hydrogen-bond acceptors (Lipinski definition) is 4. The number of benzene rings is 2. The average molecular weight is 331 g/mol. The molecule has 1 aromatic heterocycles. The van der Waals surface area contributed by atoms with Crippen molar-refractivity contribution in [3.8, 4) is 11.1 Å². The van der Waals surface area contributed by atoms with Crippen molar-refractivity contribution in [2.24, 2.45) is 5.16 Å². The molecule has 1 heterocycles. The lowest BCUT2D eigenvalue weighted by molar-refractivity contribution is 0.166. The molecule has 5 heteroatoms. The summed E-state index contributed by atoms with van der Waals surface area (Å²) >= 11 is 0. The normalized spacial score (nSPS) is 11.0. The summed E-state index contributed by atoms with van der Waals surface area (Å²) < 4.78 is 0. The van der Waals surface area contributed by atoms with Gasteiger partial charge in [-0.2, -0.15) is 0 Å². The third-order valence-corrected chi connectivity index (χ3v) is 3.60. The minimum absolute atomic E-state index is 0.615. The van der Waals surface area contributed by atoms with Crippen LogP contribution in [0.2, 0.25) is 0 Å². The molecule has 0 aliphatic rings. The van der Waals surface area contributed by atoms with E-state index in [1.807, 2.05) is 54.6 Å². The maximum Gasteiger partial charge on any atom is 0.437 e. The smallest absolute Gasteiger partial charge is 0.298 e. The van der Waals surface area contributed by atoms with Gasteiger partial charge in [0.15, 0.2) is 0 Å². The fraction of sp³-hybridized carbons (Fsp3) is 0.0500. The summed E-state index contributed by atoms with van der Waals surface area (Å²) in [5, 5.41) is 6.49. The molecule has 0 saturated heterocycles. The number of nitrogens with zero attached hydrogens (tertiary/aromatic N) is 2. The van der Waals surface area contributed by atoms with Gasteiger partial charge in [0.05, 0.1) is 5.71 Å². The monoisotopic (exact) mass is 331 g/mol. The Kier molecular flexibility index (Phi) is 5.16. The van der Waals surface area contributed by atoms with Gasteiger partial charge in [0.1, 0.15) is 0 Å². The Labute approximate surface area is 146 Å². The lowest BCUT2D eigenvalue weighted by Crippen LogP contribution is -2.11. The highest BCUT2D eigenvalue weighted by Crippen LogP contribution is 2.19. The quantitative estimate of drug-likeness (QED) is 0.427. The van der Waals surface area contributed by atoms with Crippen molar-refractivity contribution >= 4 is 17.5 Å². The molecule has 0 spiro atoms. The molecule has 0 fully saturated rings. The van der Waals surface area contributed by atoms with Gasteiger partial charge < -0.3 is 0 Å². The molecule has 0 saturated carbocycles. The molecular formula is C20H17N3O2. The van der Waals surface area contributed by atoms with Gasteiger partial charge in [-0.25, -0.2) is 4.79 Å². The van der Waals surface area contributed by atoms with E-state index in [0.717, 1.165) is 16.7 Å². The Morgan fingerprint density at radius 1 is 0.920 bits per heavy atom. The van der Waals surface area contributed by atoms with Crippen LogP contribution in [0.4, 0.5) is 10.5 Å². The highest BCUT2D eigenvalue weighted by molar-refractivity contribution is 5.99. The fourth-order valence-corrected chi connectivity index (χ4v) is 2.27. The van der Waals surface area contributed by atoms with Crippen LogP contribution in [0.25, 0.3) is 11.1 Å². The van der Waals surface area contributed by atoms with Gasteiger partial charge in [0, 0.05) is 18.1 Å². The first-order valence-corrected chi connectivity index (χ1v) is 7.81. The number of para-hydroxylation sites is 1. The van der Waals surface area contributed by atoms with E-state index in [0.29, 0.717) is 11.4 Å². The number of amides is 1. The number of carbonyl (C=O) groups excluding carboxylic acids is 1. The van der Waals surface area contributed by atoms with E-state index in [9.17, 15) is 4.79 Å². The zero-order valence-corrected chi connectivity index (χ0v) is 13.7. The van der Waals surface area contributed by atoms with Crippen molar-refractivity contribution in [3.63, 3.8) is 0 Å². The average Bonchev–Trinajstić information content (AvgIpc) is 2.68. The first-order valence-electron chi connectivity index (χ1n) is 7.81. The van der Waals surface area contributed by atoms with Crippen LogP contribution in [0, 0.1) is 0 Å². The van der Waals surface area contributed by atoms with E-state index >= 15 is 0 Å². The molecule has 1 amide bonds. The molecule has 0 unspecified atom stereocenters. The number of carbonyl (C=O) groups is 1. The number of nitrogens with one attached hydrogen (secondary N) is 1. The standard InChI is InChI=1S/C20H17N3O2/c1-15(23-25-20(24)22-19-5-3-2-4-6-19)16-7-9-17(10-8-16)18-11-13-21-14-12-18/h2-14H,1H3,(H,22,24). The molecule has 25 heavy (non-hydrogen) atoms. The molecule has 3 aromatic rings. The van der Waals surface area contributed by atoms with Crippen LogP contribution in [0.3, 0.4) is 0 Å². The molecule has 0 aliphatic heterocycles. The molecule has 2 aromatic carbocycles. The predicted octanol–water partition coefficient (Wildman–Crippen LogP) is 4.72. The van der Waals surface area contributed by atoms with Crippen molar-refractivity contribution < 1.29 is 9.63 Å². The molecular weight excluding hydrogens is 314 g/mol. The van der Waals surface area contributed by atoms with E-state index in [-0.39, 0.29) is 0 Å². The summed E-state index contributed by atoms with van der Waals surface area (Å²) in [6, 6.07) is 20.8. The SMILES string of the molecule is CC(=NOC(=O)Nc1ccccc1)c1ccc(-c2ccncc2)cc1. The lowest BCUT2D eigenvalue weighted by Gasteiger charge is -2.05. The Bertz CT molecular complexity index is 860. The second-order valence-electron chi connectivity index (χ2n) is 5.36. The zero-order valence-electron chi connectivity index (χ0n) is 13.7. The molecule has 5 nitrogen and oxygen atoms in total. The lowest BCUT2D eigenvalue weighted by atomic mass is 10.0. The third-order valence-electron chi connectivity index (χ3n) is 3.60. The first-order chi connectivity index (χ1) is 12.2. The van der Waals surface area contributed by atoms with E-state index in [1.54, 1.807) is 31.5 Å². The largest absolute Gasteiger partial charge is 0.437 e. The van der Waals surface area contributed by atoms with Gasteiger partial charge in [-0.05, 0) is 47.9 Å². The fourth-order valence-electron chi connectivity index (χ4n) is 2.27. The molecule has 0 radical (unpaired) electrons. The molecule has 0 aliphatic carbocycles. The summed E-state index contributed by atoms with van der Waals surface area (Å²) in [6.45, 7) is 1.79. The maximum absolute atomic E-state index is 11.7. The van der Waals surface area contributed by atoms with Gasteiger partial charge in [-0.15, -0.1) is 0 Å². The van der Waals surface area contributed by atoms with Crippen LogP contribution >= 0.6 is 0 Å². The Hall–Kier alpha value is -3.47. The number of rotatable bonds is 4. The van der Waals surface area contributed by atoms with Crippen molar-refractivity contribution in [2.75, 3.05) is 5.32 Å². The Morgan fingerprint density at radius 3 is 2.24 bits per heavy atom. The van der Waals surface area contributed by atoms with Gasteiger partial charge in [0.2, 0.25) is 0 Å². The number of hydrogen-bond donors (Lipinski definition) is 1. The Morgan fingerprint density at radius 2 is 1.56 bits per heavy atom. The molecule has 3 rings (SSSR count). The van der Waals surface area contributed by atoms with Crippen molar-refractivity contribution in [1.29, 1.82) is 0 Å². The van der Waals surface area contributed by atoms with Crippen LogP contribution in [0.15, 0.2) is 84.3 Å². The van der Waals surface area contributed by atoms with Crippen LogP contribution in [0.1, 0.15) is 12.5 Å². The summed E-state index contributed by atoms with van der Waals surface area (Å²) in [5.41, 5.74) is 4.33. The minimum atomic E-state index is -0.626. The number of pyridine rings is 1. The van der Waals surface area contributed by atoms with Crippen molar-refractivity contribution in [1.82, 2.24) is 4.98 Å². The van der Waals surface area contributed by atoms with Crippen LogP contribution in [-0.4, -0.2) is 16.8 Å². The molecule has 0 atom stereocenters. The summed E-state index contributed by atoms with van der Waals surface area (Å²) in [4.78, 5) is 20.7. The second kappa shape index (κ2) is 7.88. The van der Waals surface area contributed by atoms with Crippen molar-refractivity contribution in [2.45, 2.75) is 6.92 Å². The van der Waals surface area contributed by atoms with Gasteiger partial charge >= 0.3 is 6.09 Å². The predicted molar refractivity (Wildman–Crippen MR) is 98.4 cm³/mol. The highest BCUT2D eigenvalue weighted by Gasteiger charge is 2.04. The van der Waals surface area contributed by atoms with Gasteiger partial charge in [0.25, 0.3) is 0 Å². The second-order valence-corrected chi connectivity index (χ2v) is 5.36. The third kappa shape index (κ3) is 4.51. The summed E-state index contributed by atoms with van der Waals surface area (Å²) in [7, 11) is 0. The molecule has 124 valence electrons. The number of oxime groups is 1. The van der Waals surface area contributed by atoms with E-state index in [1.165, 1.54) is 0 Å². The number of anilines is 1. The van der Waals surface area contributed by atoms with Gasteiger partial charge in [-0.3, -0.25) is 15.1 Å². The zero-order chi connectivity index (χ0) is 17.5. The minimum Gasteiger partial charge on any atom is -0.298 e. The molecule has 0 bridgehead atoms. The highest BCUT2D eigenvalue weighted by atomic mass is 16.7. The van der Waals surface area contributed by atoms with E-state index in [2.05, 4.69) is 15.5 Å². The summed E-state index contributed by atoms with van der Waals surface area (Å²) in [6.07, 6.45) is 2.89. The Balaban J connectivity index is 1.63. The van der Waals surface area contributed by atoms with Crippen LogP contribution in [0.5, 0.6) is 0 Å². The molecule has 1 N–H and O–H groups in total. The van der Waals surface area contributed by atoms with Gasteiger partial charge in [-0.1, -0.05) is 47.6 Å². The van der Waals surface area contributed by atoms with Crippen LogP contribution in [-0.2, 0) is 4.84 Å². The topological polar surface area (TPSA) is 63.6 Å². The van der Waals surface area contributed by atoms with E-state index in [4.69, 9.17) is 4.84 Å². The number of aromatic nitrogens is 1. The summed E-state index contributed by atoms with van der Waals surface area (Å²) in [5.74, 6) is 0. The maximum atomic E-state index is 11.7. The van der Waals surface area contributed by atoms with Crippen molar-refractivity contribution in [3.05, 3.63) is 84.7 Å². The van der Waals surface area contributed by atoms with E-state index < -0.39 is 6.09 Å².